The lowest BCUT2D eigenvalue weighted by molar-refractivity contribution is 0.482. The number of rotatable bonds is 4. The molecule has 0 amide bonds. The number of thiocarbonyl (C=S) groups is 1. The van der Waals surface area contributed by atoms with E-state index in [1.165, 1.54) is 0 Å². The van der Waals surface area contributed by atoms with Crippen molar-refractivity contribution in [2.45, 2.75) is 19.6 Å². The molecule has 1 aromatic carbocycles. The Kier molecular flexibility index (Phi) is 5.55. The highest BCUT2D eigenvalue weighted by atomic mass is 35.5. The number of hydrogen-bond donors (Lipinski definition) is 1. The Labute approximate surface area is 138 Å². The van der Waals surface area contributed by atoms with Gasteiger partial charge in [0, 0.05) is 13.1 Å². The minimum atomic E-state index is 0.517. The van der Waals surface area contributed by atoms with Gasteiger partial charge in [0.05, 0.1) is 26.8 Å². The maximum Gasteiger partial charge on any atom is 0.136 e. The Bertz CT molecular complexity index is 584. The molecule has 108 valence electrons. The largest absolute Gasteiger partial charge is 0.358 e. The van der Waals surface area contributed by atoms with Crippen molar-refractivity contribution in [1.82, 2.24) is 14.9 Å². The van der Waals surface area contributed by atoms with Crippen molar-refractivity contribution in [3.05, 3.63) is 28.0 Å². The lowest BCUT2D eigenvalue weighted by Crippen LogP contribution is -2.26. The molecule has 0 radical (unpaired) electrons. The second-order valence-electron chi connectivity index (χ2n) is 4.19. The first-order valence-corrected chi connectivity index (χ1v) is 8.45. The Morgan fingerprint density at radius 2 is 1.95 bits per heavy atom. The zero-order valence-corrected chi connectivity index (χ0v) is 14.4. The van der Waals surface area contributed by atoms with Crippen LogP contribution in [0.15, 0.2) is 12.1 Å². The Morgan fingerprint density at radius 3 is 2.60 bits per heavy atom. The summed E-state index contributed by atoms with van der Waals surface area (Å²) in [6.45, 7) is 6.05. The lowest BCUT2D eigenvalue weighted by atomic mass is 10.3. The molecule has 1 N–H and O–H groups in total. The first-order valence-electron chi connectivity index (χ1n) is 6.30. The van der Waals surface area contributed by atoms with Crippen LogP contribution in [0, 0.1) is 0 Å². The number of thioether (sulfide) groups is 1. The third-order valence-electron chi connectivity index (χ3n) is 2.93. The molecule has 0 saturated heterocycles. The van der Waals surface area contributed by atoms with E-state index in [4.69, 9.17) is 35.4 Å². The van der Waals surface area contributed by atoms with Crippen LogP contribution in [0.25, 0.3) is 11.0 Å². The van der Waals surface area contributed by atoms with Crippen LogP contribution in [-0.2, 0) is 5.75 Å². The van der Waals surface area contributed by atoms with Crippen LogP contribution in [0.1, 0.15) is 19.7 Å². The summed E-state index contributed by atoms with van der Waals surface area (Å²) in [5.41, 5.74) is 1.72. The van der Waals surface area contributed by atoms with Crippen LogP contribution >= 0.6 is 47.2 Å². The van der Waals surface area contributed by atoms with Crippen molar-refractivity contribution in [3.63, 3.8) is 0 Å². The molecule has 1 aromatic heterocycles. The minimum absolute atomic E-state index is 0.517. The maximum absolute atomic E-state index is 5.99. The second-order valence-corrected chi connectivity index (χ2v) is 6.62. The summed E-state index contributed by atoms with van der Waals surface area (Å²) >= 11 is 19.0. The number of benzene rings is 1. The number of halogens is 2. The molecule has 0 fully saturated rings. The van der Waals surface area contributed by atoms with Gasteiger partial charge in [-0.05, 0) is 26.0 Å². The zero-order chi connectivity index (χ0) is 14.7. The molecule has 0 saturated carbocycles. The molecule has 1 heterocycles. The van der Waals surface area contributed by atoms with Gasteiger partial charge in [-0.15, -0.1) is 0 Å². The third kappa shape index (κ3) is 3.58. The number of imidazole rings is 1. The van der Waals surface area contributed by atoms with Crippen molar-refractivity contribution in [3.8, 4) is 0 Å². The summed E-state index contributed by atoms with van der Waals surface area (Å²) in [6.07, 6.45) is 0. The van der Waals surface area contributed by atoms with Crippen LogP contribution in [0.5, 0.6) is 0 Å². The van der Waals surface area contributed by atoms with E-state index >= 15 is 0 Å². The van der Waals surface area contributed by atoms with Crippen LogP contribution in [-0.4, -0.2) is 32.3 Å². The highest BCUT2D eigenvalue weighted by molar-refractivity contribution is 8.22. The van der Waals surface area contributed by atoms with Gasteiger partial charge in [-0.25, -0.2) is 4.98 Å². The monoisotopic (exact) mass is 347 g/mol. The topological polar surface area (TPSA) is 31.9 Å². The van der Waals surface area contributed by atoms with Gasteiger partial charge in [-0.3, -0.25) is 0 Å². The van der Waals surface area contributed by atoms with Gasteiger partial charge < -0.3 is 9.88 Å². The maximum atomic E-state index is 5.99. The number of nitrogens with zero attached hydrogens (tertiary/aromatic N) is 2. The SMILES string of the molecule is CCN(CC)C(=S)SCc1nc2cc(Cl)c(Cl)cc2[nH]1. The van der Waals surface area contributed by atoms with Gasteiger partial charge in [-0.2, -0.15) is 0 Å². The molecule has 7 heteroatoms. The molecule has 20 heavy (non-hydrogen) atoms. The van der Waals surface area contributed by atoms with Gasteiger partial charge >= 0.3 is 0 Å². The molecule has 0 aliphatic carbocycles. The van der Waals surface area contributed by atoms with Crippen LogP contribution in [0.4, 0.5) is 0 Å². The highest BCUT2D eigenvalue weighted by Gasteiger charge is 2.10. The highest BCUT2D eigenvalue weighted by Crippen LogP contribution is 2.27. The molecular formula is C13H15Cl2N3S2. The van der Waals surface area contributed by atoms with Gasteiger partial charge in [0.15, 0.2) is 0 Å². The molecular weight excluding hydrogens is 333 g/mol. The smallest absolute Gasteiger partial charge is 0.136 e. The Balaban J connectivity index is 2.09. The van der Waals surface area contributed by atoms with E-state index in [1.807, 2.05) is 0 Å². The van der Waals surface area contributed by atoms with E-state index in [9.17, 15) is 0 Å². The van der Waals surface area contributed by atoms with Crippen molar-refractivity contribution < 1.29 is 0 Å². The summed E-state index contributed by atoms with van der Waals surface area (Å²) in [5, 5.41) is 1.05. The molecule has 0 spiro atoms. The Morgan fingerprint density at radius 1 is 1.30 bits per heavy atom. The van der Waals surface area contributed by atoms with Gasteiger partial charge in [0.2, 0.25) is 0 Å². The molecule has 0 aliphatic heterocycles. The van der Waals surface area contributed by atoms with E-state index in [2.05, 4.69) is 28.7 Å². The van der Waals surface area contributed by atoms with Gasteiger partial charge in [0.1, 0.15) is 10.1 Å². The number of fused-ring (bicyclic) bond motifs is 1. The number of H-pyrrole nitrogens is 1. The average molecular weight is 348 g/mol. The normalized spacial score (nSPS) is 11.0. The van der Waals surface area contributed by atoms with Crippen LogP contribution in [0.2, 0.25) is 10.0 Å². The first-order chi connectivity index (χ1) is 9.55. The van der Waals surface area contributed by atoms with Crippen molar-refractivity contribution in [1.29, 1.82) is 0 Å². The standard InChI is InChI=1S/C13H15Cl2N3S2/c1-3-18(4-2)13(19)20-7-12-16-10-5-8(14)9(15)6-11(10)17-12/h5-6H,3-4,7H2,1-2H3,(H,16,17). The minimum Gasteiger partial charge on any atom is -0.358 e. The summed E-state index contributed by atoms with van der Waals surface area (Å²) in [6, 6.07) is 3.57. The molecule has 0 atom stereocenters. The molecule has 2 rings (SSSR count). The average Bonchev–Trinajstić information content (AvgIpc) is 2.80. The van der Waals surface area contributed by atoms with Gasteiger partial charge in [0.25, 0.3) is 0 Å². The Hall–Kier alpha value is -0.490. The summed E-state index contributed by atoms with van der Waals surface area (Å²) in [5.74, 6) is 1.58. The fourth-order valence-corrected chi connectivity index (χ4v) is 3.42. The number of aromatic amines is 1. The first kappa shape index (κ1) is 15.9. The van der Waals surface area contributed by atoms with Gasteiger partial charge in [-0.1, -0.05) is 47.2 Å². The number of aromatic nitrogens is 2. The molecule has 0 aliphatic rings. The lowest BCUT2D eigenvalue weighted by Gasteiger charge is -2.20. The fourth-order valence-electron chi connectivity index (χ4n) is 1.83. The summed E-state index contributed by atoms with van der Waals surface area (Å²) in [7, 11) is 0. The van der Waals surface area contributed by atoms with Crippen molar-refractivity contribution in [2.24, 2.45) is 0 Å². The van der Waals surface area contributed by atoms with E-state index in [-0.39, 0.29) is 0 Å². The third-order valence-corrected chi connectivity index (χ3v) is 5.18. The summed E-state index contributed by atoms with van der Waals surface area (Å²) < 4.78 is 0.895. The second kappa shape index (κ2) is 6.98. The van der Waals surface area contributed by atoms with Crippen molar-refractivity contribution >= 4 is 62.5 Å². The molecule has 0 unspecified atom stereocenters. The number of nitrogens with one attached hydrogen (secondary N) is 1. The quantitative estimate of drug-likeness (QED) is 0.810. The van der Waals surface area contributed by atoms with Crippen LogP contribution in [0.3, 0.4) is 0 Å². The van der Waals surface area contributed by atoms with E-state index in [0.29, 0.717) is 15.8 Å². The van der Waals surface area contributed by atoms with Crippen molar-refractivity contribution in [2.75, 3.05) is 13.1 Å². The van der Waals surface area contributed by atoms with E-state index in [1.54, 1.807) is 23.9 Å². The fraction of sp³-hybridized carbons (Fsp3) is 0.385. The molecule has 2 aromatic rings. The molecule has 0 bridgehead atoms. The predicted molar refractivity (Wildman–Crippen MR) is 92.9 cm³/mol. The van der Waals surface area contributed by atoms with E-state index in [0.717, 1.165) is 34.3 Å². The van der Waals surface area contributed by atoms with Crippen LogP contribution < -0.4 is 0 Å². The van der Waals surface area contributed by atoms with E-state index < -0.39 is 0 Å². The predicted octanol–water partition coefficient (Wildman–Crippen LogP) is 4.73. The molecule has 3 nitrogen and oxygen atoms in total. The zero-order valence-electron chi connectivity index (χ0n) is 11.2. The summed E-state index contributed by atoms with van der Waals surface area (Å²) in [4.78, 5) is 9.89. The number of hydrogen-bond acceptors (Lipinski definition) is 3.